The van der Waals surface area contributed by atoms with Gasteiger partial charge in [-0.3, -0.25) is 9.59 Å². The summed E-state index contributed by atoms with van der Waals surface area (Å²) >= 11 is 0. The molecule has 4 aromatic carbocycles. The first kappa shape index (κ1) is 26.0. The average Bonchev–Trinajstić information content (AvgIpc) is 2.85. The van der Waals surface area contributed by atoms with Gasteiger partial charge in [-0.05, 0) is 70.8 Å². The van der Waals surface area contributed by atoms with Gasteiger partial charge in [0.2, 0.25) is 0 Å². The van der Waals surface area contributed by atoms with Crippen molar-refractivity contribution in [2.24, 2.45) is 0 Å². The van der Waals surface area contributed by atoms with Crippen molar-refractivity contribution in [3.8, 4) is 23.0 Å². The van der Waals surface area contributed by atoms with Crippen molar-refractivity contribution >= 4 is 11.6 Å². The van der Waals surface area contributed by atoms with E-state index in [1.165, 1.54) is 0 Å². The first-order valence-corrected chi connectivity index (χ1v) is 11.4. The van der Waals surface area contributed by atoms with Crippen LogP contribution in [-0.4, -0.2) is 32.0 Å². The zero-order valence-electron chi connectivity index (χ0n) is 19.7. The molecule has 0 heterocycles. The highest BCUT2D eigenvalue weighted by molar-refractivity contribution is 5.83. The highest BCUT2D eigenvalue weighted by Gasteiger charge is 2.06. The van der Waals surface area contributed by atoms with Crippen LogP contribution in [0.2, 0.25) is 0 Å². The first-order valence-electron chi connectivity index (χ1n) is 11.4. The van der Waals surface area contributed by atoms with Gasteiger partial charge in [-0.1, -0.05) is 48.5 Å². The van der Waals surface area contributed by atoms with Crippen LogP contribution in [0, 0.1) is 0 Å². The SMILES string of the molecule is O=C(Cc1ccc(O)cc1)Cc1ccc(O)cc1.O=C(Cc1ccc(O)cc1)Cc1ccc(O)cc1. The molecule has 6 heteroatoms. The zero-order chi connectivity index (χ0) is 25.9. The van der Waals surface area contributed by atoms with E-state index in [9.17, 15) is 9.59 Å². The minimum absolute atomic E-state index is 0.103. The Kier molecular flexibility index (Phi) is 9.23. The Balaban J connectivity index is 0.000000201. The third-order valence-corrected chi connectivity index (χ3v) is 5.35. The maximum Gasteiger partial charge on any atom is 0.141 e. The summed E-state index contributed by atoms with van der Waals surface area (Å²) in [4.78, 5) is 23.7. The van der Waals surface area contributed by atoms with E-state index in [4.69, 9.17) is 20.4 Å². The van der Waals surface area contributed by atoms with Gasteiger partial charge in [0, 0.05) is 25.7 Å². The Morgan fingerprint density at radius 2 is 0.528 bits per heavy atom. The van der Waals surface area contributed by atoms with Crippen molar-refractivity contribution in [2.45, 2.75) is 25.7 Å². The van der Waals surface area contributed by atoms with Crippen LogP contribution in [0.5, 0.6) is 23.0 Å². The lowest BCUT2D eigenvalue weighted by Gasteiger charge is -2.02. The summed E-state index contributed by atoms with van der Waals surface area (Å²) < 4.78 is 0. The third kappa shape index (κ3) is 8.99. The Bertz CT molecular complexity index is 1060. The highest BCUT2D eigenvalue weighted by atomic mass is 16.3. The molecule has 4 N–H and O–H groups in total. The molecule has 0 unspecified atom stereocenters. The average molecular weight is 485 g/mol. The van der Waals surface area contributed by atoms with Gasteiger partial charge in [0.05, 0.1) is 0 Å². The van der Waals surface area contributed by atoms with Crippen LogP contribution in [0.15, 0.2) is 97.1 Å². The van der Waals surface area contributed by atoms with Crippen LogP contribution < -0.4 is 0 Å². The van der Waals surface area contributed by atoms with E-state index in [0.29, 0.717) is 25.7 Å². The second kappa shape index (κ2) is 12.8. The Labute approximate surface area is 209 Å². The molecule has 0 saturated carbocycles. The minimum atomic E-state index is 0.103. The molecule has 0 bridgehead atoms. The Morgan fingerprint density at radius 3 is 0.694 bits per heavy atom. The molecule has 0 aliphatic heterocycles. The molecule has 0 aliphatic carbocycles. The molecule has 36 heavy (non-hydrogen) atoms. The molecule has 184 valence electrons. The molecule has 0 saturated heterocycles. The molecule has 4 aromatic rings. The summed E-state index contributed by atoms with van der Waals surface area (Å²) in [7, 11) is 0. The van der Waals surface area contributed by atoms with Gasteiger partial charge in [-0.2, -0.15) is 0 Å². The normalized spacial score (nSPS) is 10.2. The van der Waals surface area contributed by atoms with Gasteiger partial charge >= 0.3 is 0 Å². The van der Waals surface area contributed by atoms with Crippen LogP contribution in [-0.2, 0) is 35.3 Å². The number of phenolic OH excluding ortho intramolecular Hbond substituents is 4. The lowest BCUT2D eigenvalue weighted by molar-refractivity contribution is -0.118. The van der Waals surface area contributed by atoms with Crippen molar-refractivity contribution in [1.82, 2.24) is 0 Å². The minimum Gasteiger partial charge on any atom is -0.508 e. The number of rotatable bonds is 8. The van der Waals surface area contributed by atoms with Crippen LogP contribution in [0.1, 0.15) is 22.3 Å². The van der Waals surface area contributed by atoms with Crippen molar-refractivity contribution in [3.63, 3.8) is 0 Å². The fourth-order valence-corrected chi connectivity index (χ4v) is 3.49. The van der Waals surface area contributed by atoms with Gasteiger partial charge in [0.25, 0.3) is 0 Å². The maximum atomic E-state index is 11.8. The van der Waals surface area contributed by atoms with Crippen LogP contribution >= 0.6 is 0 Å². The summed E-state index contributed by atoms with van der Waals surface area (Å²) in [5.74, 6) is 1.00. The summed E-state index contributed by atoms with van der Waals surface area (Å²) in [5, 5.41) is 36.6. The summed E-state index contributed by atoms with van der Waals surface area (Å²) in [6.07, 6.45) is 1.39. The van der Waals surface area contributed by atoms with Crippen molar-refractivity contribution in [1.29, 1.82) is 0 Å². The number of hydrogen-bond donors (Lipinski definition) is 4. The van der Waals surface area contributed by atoms with Gasteiger partial charge in [-0.25, -0.2) is 0 Å². The molecular formula is C30H28O6. The summed E-state index contributed by atoms with van der Waals surface area (Å²) in [6, 6.07) is 26.5. The largest absolute Gasteiger partial charge is 0.508 e. The highest BCUT2D eigenvalue weighted by Crippen LogP contribution is 2.15. The van der Waals surface area contributed by atoms with E-state index in [1.807, 2.05) is 0 Å². The number of Topliss-reactive ketones (excluding diaryl/α,β-unsaturated/α-hetero) is 2. The topological polar surface area (TPSA) is 115 Å². The lowest BCUT2D eigenvalue weighted by Crippen LogP contribution is -2.06. The monoisotopic (exact) mass is 484 g/mol. The summed E-state index contributed by atoms with van der Waals surface area (Å²) in [6.45, 7) is 0. The van der Waals surface area contributed by atoms with Crippen molar-refractivity contribution in [2.75, 3.05) is 0 Å². The summed E-state index contributed by atoms with van der Waals surface area (Å²) in [5.41, 5.74) is 3.54. The predicted molar refractivity (Wildman–Crippen MR) is 137 cm³/mol. The molecular weight excluding hydrogens is 456 g/mol. The van der Waals surface area contributed by atoms with Crippen LogP contribution in [0.25, 0.3) is 0 Å². The van der Waals surface area contributed by atoms with Crippen molar-refractivity contribution < 1.29 is 30.0 Å². The second-order valence-electron chi connectivity index (χ2n) is 8.45. The van der Waals surface area contributed by atoms with E-state index in [2.05, 4.69) is 0 Å². The van der Waals surface area contributed by atoms with Crippen LogP contribution in [0.4, 0.5) is 0 Å². The number of phenols is 4. The number of carbonyl (C=O) groups excluding carboxylic acids is 2. The fourth-order valence-electron chi connectivity index (χ4n) is 3.49. The van der Waals surface area contributed by atoms with Gasteiger partial charge in [-0.15, -0.1) is 0 Å². The predicted octanol–water partition coefficient (Wildman–Crippen LogP) is 4.90. The molecule has 0 fully saturated rings. The van der Waals surface area contributed by atoms with E-state index in [1.54, 1.807) is 97.1 Å². The zero-order valence-corrected chi connectivity index (χ0v) is 19.7. The number of benzene rings is 4. The van der Waals surface area contributed by atoms with E-state index < -0.39 is 0 Å². The van der Waals surface area contributed by atoms with E-state index >= 15 is 0 Å². The number of hydrogen-bond acceptors (Lipinski definition) is 6. The van der Waals surface area contributed by atoms with Gasteiger partial charge in [0.15, 0.2) is 0 Å². The van der Waals surface area contributed by atoms with E-state index in [0.717, 1.165) is 22.3 Å². The standard InChI is InChI=1S/2C15H14O3/c2*16-13-5-1-11(2-6-13)9-15(18)10-12-3-7-14(17)8-4-12/h2*1-8,16-17H,9-10H2. The molecule has 0 atom stereocenters. The first-order chi connectivity index (χ1) is 17.3. The smallest absolute Gasteiger partial charge is 0.141 e. The molecule has 0 aliphatic rings. The van der Waals surface area contributed by atoms with Gasteiger partial charge < -0.3 is 20.4 Å². The molecule has 0 spiro atoms. The molecule has 0 aromatic heterocycles. The molecule has 6 nitrogen and oxygen atoms in total. The Morgan fingerprint density at radius 1 is 0.361 bits per heavy atom. The van der Waals surface area contributed by atoms with Crippen molar-refractivity contribution in [3.05, 3.63) is 119 Å². The number of aromatic hydroxyl groups is 4. The quantitative estimate of drug-likeness (QED) is 0.283. The maximum absolute atomic E-state index is 11.8. The van der Waals surface area contributed by atoms with Gasteiger partial charge in [0.1, 0.15) is 34.6 Å². The van der Waals surface area contributed by atoms with Crippen LogP contribution in [0.3, 0.4) is 0 Å². The molecule has 0 amide bonds. The number of carbonyl (C=O) groups is 2. The third-order valence-electron chi connectivity index (χ3n) is 5.35. The second-order valence-corrected chi connectivity index (χ2v) is 8.45. The lowest BCUT2D eigenvalue weighted by atomic mass is 10.0. The Hall–Kier alpha value is -4.58. The molecule has 4 rings (SSSR count). The fraction of sp³-hybridized carbons (Fsp3) is 0.133. The number of ketones is 2. The van der Waals surface area contributed by atoms with E-state index in [-0.39, 0.29) is 34.6 Å². The molecule has 0 radical (unpaired) electrons.